The van der Waals surface area contributed by atoms with E-state index in [0.29, 0.717) is 11.3 Å². The number of anilines is 1. The zero-order valence-electron chi connectivity index (χ0n) is 9.93. The van der Waals surface area contributed by atoms with Crippen LogP contribution >= 0.6 is 24.8 Å². The molecule has 0 aromatic heterocycles. The number of nitrogens with zero attached hydrogens (tertiary/aromatic N) is 1. The first-order valence-electron chi connectivity index (χ1n) is 5.05. The van der Waals surface area contributed by atoms with Crippen LogP contribution in [0.1, 0.15) is 17.3 Å². The van der Waals surface area contributed by atoms with Gasteiger partial charge in [-0.25, -0.2) is 0 Å². The quantitative estimate of drug-likeness (QED) is 0.437. The lowest BCUT2D eigenvalue weighted by molar-refractivity contribution is -0.114. The summed E-state index contributed by atoms with van der Waals surface area (Å²) < 4.78 is 0.262. The summed E-state index contributed by atoms with van der Waals surface area (Å²) in [5.74, 6) is -0.462. The van der Waals surface area contributed by atoms with E-state index in [0.717, 1.165) is 0 Å². The van der Waals surface area contributed by atoms with Gasteiger partial charge >= 0.3 is 0 Å². The van der Waals surface area contributed by atoms with Gasteiger partial charge < -0.3 is 5.32 Å². The van der Waals surface area contributed by atoms with E-state index in [2.05, 4.69) is 23.4 Å². The molecular formula is C11H13N3O2S2. The summed E-state index contributed by atoms with van der Waals surface area (Å²) in [7, 11) is 1.60. The van der Waals surface area contributed by atoms with Gasteiger partial charge in [-0.3, -0.25) is 20.0 Å². The Labute approximate surface area is 116 Å². The smallest absolute Gasteiger partial charge is 0.269 e. The van der Waals surface area contributed by atoms with E-state index in [1.165, 1.54) is 11.9 Å². The minimum atomic E-state index is -0.303. The van der Waals surface area contributed by atoms with Crippen molar-refractivity contribution in [2.45, 2.75) is 6.92 Å². The van der Waals surface area contributed by atoms with Crippen LogP contribution in [-0.2, 0) is 4.79 Å². The second-order valence-electron chi connectivity index (χ2n) is 3.54. The Balaban J connectivity index is 2.70. The van der Waals surface area contributed by atoms with Gasteiger partial charge in [-0.15, -0.1) is 12.6 Å². The van der Waals surface area contributed by atoms with E-state index >= 15 is 0 Å². The van der Waals surface area contributed by atoms with Crippen molar-refractivity contribution in [1.82, 2.24) is 10.4 Å². The van der Waals surface area contributed by atoms with Gasteiger partial charge in [-0.05, 0) is 24.3 Å². The minimum absolute atomic E-state index is 0.160. The monoisotopic (exact) mass is 283 g/mol. The van der Waals surface area contributed by atoms with Gasteiger partial charge in [0, 0.05) is 25.2 Å². The second kappa shape index (κ2) is 6.36. The van der Waals surface area contributed by atoms with E-state index in [1.54, 1.807) is 31.3 Å². The van der Waals surface area contributed by atoms with Crippen molar-refractivity contribution in [2.75, 3.05) is 12.4 Å². The van der Waals surface area contributed by atoms with Gasteiger partial charge in [0.2, 0.25) is 5.91 Å². The molecule has 2 N–H and O–H groups in total. The largest absolute Gasteiger partial charge is 0.326 e. The van der Waals surface area contributed by atoms with Gasteiger partial charge in [0.15, 0.2) is 4.32 Å². The molecule has 1 rings (SSSR count). The fourth-order valence-corrected chi connectivity index (χ4v) is 1.27. The first kappa shape index (κ1) is 14.5. The van der Waals surface area contributed by atoms with E-state index in [4.69, 9.17) is 12.2 Å². The molecular weight excluding hydrogens is 270 g/mol. The van der Waals surface area contributed by atoms with Crippen molar-refractivity contribution in [1.29, 1.82) is 0 Å². The Morgan fingerprint density at radius 1 is 1.28 bits per heavy atom. The molecule has 0 heterocycles. The van der Waals surface area contributed by atoms with E-state index in [-0.39, 0.29) is 16.1 Å². The minimum Gasteiger partial charge on any atom is -0.326 e. The summed E-state index contributed by atoms with van der Waals surface area (Å²) in [5.41, 5.74) is 3.64. The number of carbonyl (C=O) groups excluding carboxylic acids is 2. The van der Waals surface area contributed by atoms with Crippen LogP contribution in [0.3, 0.4) is 0 Å². The standard InChI is InChI=1S/C11H13N3O2S2/c1-7(15)12-9-5-3-8(4-6-9)10(16)13-14(2)11(17)18/h3-6H,1-2H3,(H,12,15)(H,13,16)(H,17,18). The molecule has 96 valence electrons. The van der Waals surface area contributed by atoms with Gasteiger partial charge in [0.1, 0.15) is 0 Å². The predicted octanol–water partition coefficient (Wildman–Crippen LogP) is 1.44. The Morgan fingerprint density at radius 3 is 2.28 bits per heavy atom. The normalized spacial score (nSPS) is 9.50. The molecule has 2 amide bonds. The van der Waals surface area contributed by atoms with E-state index in [9.17, 15) is 9.59 Å². The van der Waals surface area contributed by atoms with Crippen LogP contribution in [0.2, 0.25) is 0 Å². The fourth-order valence-electron chi connectivity index (χ4n) is 1.17. The molecule has 5 nitrogen and oxygen atoms in total. The third-order valence-electron chi connectivity index (χ3n) is 2.02. The second-order valence-corrected chi connectivity index (χ2v) is 4.65. The van der Waals surface area contributed by atoms with Crippen LogP contribution in [0.4, 0.5) is 5.69 Å². The van der Waals surface area contributed by atoms with Gasteiger partial charge in [-0.2, -0.15) is 0 Å². The first-order chi connectivity index (χ1) is 8.40. The van der Waals surface area contributed by atoms with Crippen LogP contribution in [0.5, 0.6) is 0 Å². The van der Waals surface area contributed by atoms with Crippen LogP contribution < -0.4 is 10.7 Å². The maximum Gasteiger partial charge on any atom is 0.269 e. The molecule has 0 saturated heterocycles. The van der Waals surface area contributed by atoms with Crippen LogP contribution in [0, 0.1) is 0 Å². The van der Waals surface area contributed by atoms with Crippen molar-refractivity contribution in [3.05, 3.63) is 29.8 Å². The lowest BCUT2D eigenvalue weighted by Gasteiger charge is -2.17. The van der Waals surface area contributed by atoms with E-state index in [1.807, 2.05) is 0 Å². The molecule has 0 fully saturated rings. The van der Waals surface area contributed by atoms with Gasteiger partial charge in [0.05, 0.1) is 0 Å². The molecule has 1 aromatic rings. The average molecular weight is 283 g/mol. The molecule has 0 radical (unpaired) electrons. The number of amides is 2. The maximum absolute atomic E-state index is 11.8. The summed E-state index contributed by atoms with van der Waals surface area (Å²) in [6.07, 6.45) is 0. The van der Waals surface area contributed by atoms with Crippen molar-refractivity contribution < 1.29 is 9.59 Å². The van der Waals surface area contributed by atoms with Crippen molar-refractivity contribution >= 4 is 46.7 Å². The molecule has 0 bridgehead atoms. The molecule has 7 heteroatoms. The lowest BCUT2D eigenvalue weighted by Crippen LogP contribution is -2.40. The summed E-state index contributed by atoms with van der Waals surface area (Å²) >= 11 is 8.71. The van der Waals surface area contributed by atoms with Crippen molar-refractivity contribution in [2.24, 2.45) is 0 Å². The number of hydrazine groups is 1. The summed E-state index contributed by atoms with van der Waals surface area (Å²) in [4.78, 5) is 22.6. The SMILES string of the molecule is CC(=O)Nc1ccc(C(=O)NN(C)C(=S)S)cc1. The summed E-state index contributed by atoms with van der Waals surface area (Å²) in [5, 5.41) is 3.95. The molecule has 0 aliphatic rings. The Bertz CT molecular complexity index is 474. The third-order valence-corrected chi connectivity index (χ3v) is 2.60. The molecule has 0 atom stereocenters. The highest BCUT2D eigenvalue weighted by molar-refractivity contribution is 8.10. The van der Waals surface area contributed by atoms with E-state index < -0.39 is 0 Å². The number of carbonyl (C=O) groups is 2. The number of nitrogens with one attached hydrogen (secondary N) is 2. The van der Waals surface area contributed by atoms with Crippen LogP contribution in [0.15, 0.2) is 24.3 Å². The van der Waals surface area contributed by atoms with Crippen molar-refractivity contribution in [3.63, 3.8) is 0 Å². The Morgan fingerprint density at radius 2 is 1.83 bits per heavy atom. The topological polar surface area (TPSA) is 61.4 Å². The molecule has 0 aliphatic carbocycles. The number of thiol groups is 1. The van der Waals surface area contributed by atoms with Crippen LogP contribution in [0.25, 0.3) is 0 Å². The number of thiocarbonyl (C=S) groups is 1. The molecule has 18 heavy (non-hydrogen) atoms. The molecule has 0 saturated carbocycles. The number of benzene rings is 1. The fraction of sp³-hybridized carbons (Fsp3) is 0.182. The number of hydrogen-bond acceptors (Lipinski definition) is 3. The summed E-state index contributed by atoms with van der Waals surface area (Å²) in [6, 6.07) is 6.51. The molecule has 0 spiro atoms. The number of hydrogen-bond donors (Lipinski definition) is 3. The maximum atomic E-state index is 11.8. The molecule has 1 aromatic carbocycles. The first-order valence-corrected chi connectivity index (χ1v) is 5.91. The molecule has 0 aliphatic heterocycles. The highest BCUT2D eigenvalue weighted by Gasteiger charge is 2.08. The highest BCUT2D eigenvalue weighted by Crippen LogP contribution is 2.09. The summed E-state index contributed by atoms with van der Waals surface area (Å²) in [6.45, 7) is 1.42. The Hall–Kier alpha value is -1.60. The van der Waals surface area contributed by atoms with Gasteiger partial charge in [-0.1, -0.05) is 12.2 Å². The average Bonchev–Trinajstić information content (AvgIpc) is 2.28. The molecule has 0 unspecified atom stereocenters. The van der Waals surface area contributed by atoms with Crippen molar-refractivity contribution in [3.8, 4) is 0 Å². The predicted molar refractivity (Wildman–Crippen MR) is 77.6 cm³/mol. The highest BCUT2D eigenvalue weighted by atomic mass is 32.1. The Kier molecular flexibility index (Phi) is 5.11. The van der Waals surface area contributed by atoms with Gasteiger partial charge in [0.25, 0.3) is 5.91 Å². The zero-order chi connectivity index (χ0) is 13.7. The van der Waals surface area contributed by atoms with Crippen LogP contribution in [-0.4, -0.2) is 28.2 Å². The number of rotatable bonds is 2. The zero-order valence-corrected chi connectivity index (χ0v) is 11.6. The third kappa shape index (κ3) is 4.34. The lowest BCUT2D eigenvalue weighted by atomic mass is 10.2.